The van der Waals surface area contributed by atoms with Gasteiger partial charge in [-0.1, -0.05) is 118 Å². The van der Waals surface area contributed by atoms with Gasteiger partial charge < -0.3 is 23.4 Å². The van der Waals surface area contributed by atoms with E-state index in [2.05, 4.69) is 76.8 Å². The smallest absolute Gasteiger partial charge is 0.193 e. The lowest BCUT2D eigenvalue weighted by Gasteiger charge is -2.41. The molecule has 0 N–H and O–H groups in total. The van der Waals surface area contributed by atoms with Crippen LogP contribution in [0, 0.1) is 0 Å². The molecular weight excluding hydrogens is 540 g/mol. The third kappa shape index (κ3) is 9.38. The maximum Gasteiger partial charge on any atom is 0.193 e. The summed E-state index contributed by atoms with van der Waals surface area (Å²) in [5.74, 6) is 0.608. The van der Waals surface area contributed by atoms with Gasteiger partial charge in [0.2, 0.25) is 0 Å². The Morgan fingerprint density at radius 3 is 1.71 bits per heavy atom. The van der Waals surface area contributed by atoms with Gasteiger partial charge in [0.15, 0.2) is 8.32 Å². The minimum Gasteiger partial charge on any atom is -0.490 e. The lowest BCUT2D eigenvalue weighted by atomic mass is 10.0. The lowest BCUT2D eigenvalue weighted by molar-refractivity contribution is -0.0801. The van der Waals surface area contributed by atoms with Crippen molar-refractivity contribution in [3.05, 3.63) is 120 Å². The van der Waals surface area contributed by atoms with Crippen LogP contribution in [0.3, 0.4) is 0 Å². The first kappa shape index (κ1) is 32.2. The molecule has 1 heterocycles. The van der Waals surface area contributed by atoms with Gasteiger partial charge in [-0.05, 0) is 34.8 Å². The van der Waals surface area contributed by atoms with Crippen molar-refractivity contribution in [1.29, 1.82) is 0 Å². The maximum atomic E-state index is 6.98. The number of ether oxygens (including phenoxy) is 4. The van der Waals surface area contributed by atoms with Crippen LogP contribution in [0.4, 0.5) is 0 Å². The molecule has 3 aromatic rings. The van der Waals surface area contributed by atoms with Gasteiger partial charge in [0, 0.05) is 12.8 Å². The zero-order valence-corrected chi connectivity index (χ0v) is 27.0. The lowest BCUT2D eigenvalue weighted by Crippen LogP contribution is -2.48. The third-order valence-corrected chi connectivity index (χ3v) is 12.8. The van der Waals surface area contributed by atoms with E-state index in [4.69, 9.17) is 23.4 Å². The van der Waals surface area contributed by atoms with Gasteiger partial charge in [-0.2, -0.15) is 0 Å². The normalized spacial score (nSPS) is 21.5. The van der Waals surface area contributed by atoms with Gasteiger partial charge in [0.25, 0.3) is 0 Å². The molecule has 0 aliphatic carbocycles. The van der Waals surface area contributed by atoms with Crippen LogP contribution in [0.25, 0.3) is 0 Å². The molecule has 226 valence electrons. The number of rotatable bonds is 13. The molecule has 6 heteroatoms. The number of hydrogen-bond donors (Lipinski definition) is 0. The van der Waals surface area contributed by atoms with Gasteiger partial charge in [-0.3, -0.25) is 0 Å². The van der Waals surface area contributed by atoms with Gasteiger partial charge >= 0.3 is 0 Å². The Morgan fingerprint density at radius 2 is 1.21 bits per heavy atom. The average molecular weight is 589 g/mol. The molecule has 0 spiro atoms. The van der Waals surface area contributed by atoms with E-state index in [9.17, 15) is 0 Å². The second-order valence-electron chi connectivity index (χ2n) is 12.7. The van der Waals surface area contributed by atoms with Crippen LogP contribution in [-0.4, -0.2) is 39.3 Å². The first-order chi connectivity index (χ1) is 20.1. The molecule has 3 aromatic carbocycles. The van der Waals surface area contributed by atoms with Crippen molar-refractivity contribution >= 4 is 8.32 Å². The van der Waals surface area contributed by atoms with Crippen molar-refractivity contribution in [3.63, 3.8) is 0 Å². The summed E-state index contributed by atoms with van der Waals surface area (Å²) in [6, 6.07) is 30.8. The van der Waals surface area contributed by atoms with Crippen LogP contribution in [0.5, 0.6) is 0 Å². The highest BCUT2D eigenvalue weighted by molar-refractivity contribution is 6.74. The first-order valence-electron chi connectivity index (χ1n) is 15.1. The van der Waals surface area contributed by atoms with E-state index in [-0.39, 0.29) is 23.4 Å². The summed E-state index contributed by atoms with van der Waals surface area (Å²) >= 11 is 0. The van der Waals surface area contributed by atoms with Crippen LogP contribution in [-0.2, 0) is 43.2 Å². The zero-order valence-electron chi connectivity index (χ0n) is 26.0. The van der Waals surface area contributed by atoms with Crippen molar-refractivity contribution in [2.75, 3.05) is 6.61 Å². The number of benzene rings is 3. The largest absolute Gasteiger partial charge is 0.490 e. The van der Waals surface area contributed by atoms with Crippen molar-refractivity contribution in [3.8, 4) is 0 Å². The highest BCUT2D eigenvalue weighted by Crippen LogP contribution is 2.40. The Kier molecular flexibility index (Phi) is 11.6. The fourth-order valence-electron chi connectivity index (χ4n) is 4.78. The molecule has 0 amide bonds. The molecule has 1 saturated heterocycles. The van der Waals surface area contributed by atoms with Crippen molar-refractivity contribution in [2.24, 2.45) is 0 Å². The second kappa shape index (κ2) is 15.1. The average Bonchev–Trinajstić information content (AvgIpc) is 3.10. The summed E-state index contributed by atoms with van der Waals surface area (Å²) in [4.78, 5) is 0. The summed E-state index contributed by atoms with van der Waals surface area (Å²) < 4.78 is 32.9. The Morgan fingerprint density at radius 1 is 0.738 bits per heavy atom. The maximum absolute atomic E-state index is 6.98. The molecular formula is C36H48O5Si. The van der Waals surface area contributed by atoms with Crippen LogP contribution >= 0.6 is 0 Å². The molecule has 0 bridgehead atoms. The van der Waals surface area contributed by atoms with E-state index in [1.54, 1.807) is 0 Å². The molecule has 1 aliphatic heterocycles. The minimum absolute atomic E-state index is 0.0253. The van der Waals surface area contributed by atoms with Gasteiger partial charge in [-0.15, -0.1) is 0 Å². The van der Waals surface area contributed by atoms with Crippen LogP contribution in [0.15, 0.2) is 103 Å². The predicted octanol–water partition coefficient (Wildman–Crippen LogP) is 8.46. The van der Waals surface area contributed by atoms with Gasteiger partial charge in [0.1, 0.15) is 18.0 Å². The van der Waals surface area contributed by atoms with Crippen molar-refractivity contribution in [1.82, 2.24) is 0 Å². The second-order valence-corrected chi connectivity index (χ2v) is 17.4. The summed E-state index contributed by atoms with van der Waals surface area (Å²) in [5, 5.41) is 0.0253. The Balaban J connectivity index is 1.55. The van der Waals surface area contributed by atoms with E-state index < -0.39 is 14.4 Å². The topological polar surface area (TPSA) is 46.2 Å². The van der Waals surface area contributed by atoms with E-state index >= 15 is 0 Å². The molecule has 0 saturated carbocycles. The van der Waals surface area contributed by atoms with E-state index in [0.717, 1.165) is 16.7 Å². The zero-order chi connectivity index (χ0) is 30.0. The molecule has 42 heavy (non-hydrogen) atoms. The third-order valence-electron chi connectivity index (χ3n) is 8.34. The Hall–Kier alpha value is -2.74. The monoisotopic (exact) mass is 588 g/mol. The van der Waals surface area contributed by atoms with E-state index in [1.165, 1.54) is 0 Å². The minimum atomic E-state index is -2.18. The predicted molar refractivity (Wildman–Crippen MR) is 171 cm³/mol. The Labute approximate surface area is 253 Å². The van der Waals surface area contributed by atoms with E-state index in [1.807, 2.05) is 54.6 Å². The van der Waals surface area contributed by atoms with Crippen molar-refractivity contribution in [2.45, 2.75) is 96.0 Å². The molecule has 4 atom stereocenters. The SMILES string of the molecule is C=C1O[C@@H](CCOCc2ccccc2)[C@H](OCc2ccccc2)C[C@@H](OCc2ccccc2)[C@@H]1O[Si](C)(C)C(C)(C)C. The first-order valence-corrected chi connectivity index (χ1v) is 18.0. The molecule has 1 fully saturated rings. The fraction of sp³-hybridized carbons (Fsp3) is 0.444. The Bertz CT molecular complexity index is 1210. The van der Waals surface area contributed by atoms with Crippen molar-refractivity contribution < 1.29 is 23.4 Å². The summed E-state index contributed by atoms with van der Waals surface area (Å²) in [6.45, 7) is 17.7. The van der Waals surface area contributed by atoms with Crippen LogP contribution in [0.1, 0.15) is 50.3 Å². The summed E-state index contributed by atoms with van der Waals surface area (Å²) in [7, 11) is -2.18. The van der Waals surface area contributed by atoms with Gasteiger partial charge in [0.05, 0.1) is 38.6 Å². The highest BCUT2D eigenvalue weighted by atomic mass is 28.4. The molecule has 0 unspecified atom stereocenters. The quantitative estimate of drug-likeness (QED) is 0.148. The molecule has 0 radical (unpaired) electrons. The fourth-order valence-corrected chi connectivity index (χ4v) is 6.05. The molecule has 4 rings (SSSR count). The standard InChI is InChI=1S/C36H48O5Si/c1-28-35(41-42(5,6)36(2,3)4)34(39-27-31-20-14-9-15-21-31)24-33(38-26-30-18-12-8-13-19-30)32(40-28)22-23-37-25-29-16-10-7-11-17-29/h7-21,32-35H,1,22-27H2,2-6H3/t32-,33+,34+,35+/m0/s1. The highest BCUT2D eigenvalue weighted by Gasteiger charge is 2.45. The van der Waals surface area contributed by atoms with Gasteiger partial charge in [-0.25, -0.2) is 0 Å². The number of hydrogen-bond acceptors (Lipinski definition) is 5. The summed E-state index contributed by atoms with van der Waals surface area (Å²) in [5.41, 5.74) is 3.39. The molecule has 0 aromatic heterocycles. The van der Waals surface area contributed by atoms with Crippen LogP contribution < -0.4 is 0 Å². The molecule has 5 nitrogen and oxygen atoms in total. The van der Waals surface area contributed by atoms with E-state index in [0.29, 0.717) is 45.0 Å². The molecule has 1 aliphatic rings. The van der Waals surface area contributed by atoms with Crippen LogP contribution in [0.2, 0.25) is 18.1 Å². The summed E-state index contributed by atoms with van der Waals surface area (Å²) in [6.07, 6.45) is 0.157.